The van der Waals surface area contributed by atoms with Crippen LogP contribution in [-0.2, 0) is 12.8 Å². The third-order valence-electron chi connectivity index (χ3n) is 5.59. The first-order valence-electron chi connectivity index (χ1n) is 10.3. The maximum Gasteiger partial charge on any atom is 0.276 e. The van der Waals surface area contributed by atoms with E-state index in [1.165, 1.54) is 23.3 Å². The van der Waals surface area contributed by atoms with Gasteiger partial charge in [-0.1, -0.05) is 24.3 Å². The molecule has 1 aliphatic rings. The molecule has 1 aliphatic carbocycles. The van der Waals surface area contributed by atoms with Gasteiger partial charge in [0.15, 0.2) is 0 Å². The molecule has 0 spiro atoms. The molecule has 1 N–H and O–H groups in total. The number of amides is 1. The van der Waals surface area contributed by atoms with Crippen molar-refractivity contribution in [2.45, 2.75) is 25.7 Å². The maximum atomic E-state index is 13.1. The number of carbonyl (C=O) groups excluding carboxylic acids is 1. The molecule has 0 saturated heterocycles. The van der Waals surface area contributed by atoms with Crippen LogP contribution in [0.4, 0.5) is 5.00 Å². The Morgan fingerprint density at radius 3 is 2.52 bits per heavy atom. The van der Waals surface area contributed by atoms with Crippen LogP contribution in [0.5, 0.6) is 0 Å². The van der Waals surface area contributed by atoms with Gasteiger partial charge < -0.3 is 5.32 Å². The molecule has 31 heavy (non-hydrogen) atoms. The average molecular weight is 443 g/mol. The van der Waals surface area contributed by atoms with Crippen molar-refractivity contribution >= 4 is 54.8 Å². The van der Waals surface area contributed by atoms with E-state index in [1.54, 1.807) is 28.9 Å². The molecule has 3 heterocycles. The number of thiazole rings is 1. The van der Waals surface area contributed by atoms with Gasteiger partial charge in [0.05, 0.1) is 27.4 Å². The second kappa shape index (κ2) is 7.51. The highest BCUT2D eigenvalue weighted by Crippen LogP contribution is 2.46. The number of rotatable bonds is 3. The monoisotopic (exact) mass is 442 g/mol. The largest absolute Gasteiger partial charge is 0.312 e. The number of benzene rings is 2. The number of nitrogens with zero attached hydrogens (tertiary/aromatic N) is 3. The molecule has 0 atom stereocenters. The summed E-state index contributed by atoms with van der Waals surface area (Å²) in [6, 6.07) is 15.8. The standard InChI is InChI=1S/C24H18N4OS2/c29-22(18-13-25-15-8-2-3-9-16(15)26-18)28-24-21(14-7-1-5-11-19(14)30-24)23-27-17-10-4-6-12-20(17)31-23/h2-4,6,8-10,12-13H,1,5,7,11H2,(H,28,29). The molecule has 2 aromatic carbocycles. The number of fused-ring (bicyclic) bond motifs is 3. The number of aromatic nitrogens is 3. The molecule has 5 aromatic rings. The van der Waals surface area contributed by atoms with Gasteiger partial charge in [-0.05, 0) is 55.5 Å². The maximum absolute atomic E-state index is 13.1. The van der Waals surface area contributed by atoms with Crippen LogP contribution >= 0.6 is 22.7 Å². The van der Waals surface area contributed by atoms with Crippen LogP contribution in [-0.4, -0.2) is 20.9 Å². The Morgan fingerprint density at radius 2 is 1.65 bits per heavy atom. The van der Waals surface area contributed by atoms with Gasteiger partial charge in [0.1, 0.15) is 15.7 Å². The van der Waals surface area contributed by atoms with Crippen LogP contribution in [0, 0.1) is 0 Å². The van der Waals surface area contributed by atoms with E-state index in [0.29, 0.717) is 11.2 Å². The molecule has 0 unspecified atom stereocenters. The predicted molar refractivity (Wildman–Crippen MR) is 127 cm³/mol. The van der Waals surface area contributed by atoms with E-state index >= 15 is 0 Å². The third kappa shape index (κ3) is 3.30. The Hall–Kier alpha value is -3.16. The molecule has 5 nitrogen and oxygen atoms in total. The number of hydrogen-bond donors (Lipinski definition) is 1. The van der Waals surface area contributed by atoms with Gasteiger partial charge in [-0.3, -0.25) is 9.78 Å². The van der Waals surface area contributed by atoms with Crippen molar-refractivity contribution in [2.75, 3.05) is 5.32 Å². The summed E-state index contributed by atoms with van der Waals surface area (Å²) in [5, 5.41) is 4.97. The highest BCUT2D eigenvalue weighted by molar-refractivity contribution is 7.23. The fourth-order valence-electron chi connectivity index (χ4n) is 4.09. The molecular weight excluding hydrogens is 424 g/mol. The summed E-state index contributed by atoms with van der Waals surface area (Å²) < 4.78 is 1.16. The number of nitrogens with one attached hydrogen (secondary N) is 1. The highest BCUT2D eigenvalue weighted by atomic mass is 32.1. The minimum Gasteiger partial charge on any atom is -0.312 e. The van der Waals surface area contributed by atoms with Crippen LogP contribution in [0.25, 0.3) is 31.8 Å². The Kier molecular flexibility index (Phi) is 4.51. The van der Waals surface area contributed by atoms with Gasteiger partial charge in [-0.15, -0.1) is 22.7 Å². The average Bonchev–Trinajstić information content (AvgIpc) is 3.39. The van der Waals surface area contributed by atoms with Gasteiger partial charge >= 0.3 is 0 Å². The summed E-state index contributed by atoms with van der Waals surface area (Å²) in [5.74, 6) is -0.237. The lowest BCUT2D eigenvalue weighted by Gasteiger charge is -2.11. The summed E-state index contributed by atoms with van der Waals surface area (Å²) in [6.07, 6.45) is 6.00. The summed E-state index contributed by atoms with van der Waals surface area (Å²) in [5.41, 5.74) is 5.24. The number of anilines is 1. The fourth-order valence-corrected chi connectivity index (χ4v) is 6.49. The zero-order valence-corrected chi connectivity index (χ0v) is 18.2. The van der Waals surface area contributed by atoms with Crippen LogP contribution < -0.4 is 5.32 Å². The van der Waals surface area contributed by atoms with Crippen molar-refractivity contribution in [1.82, 2.24) is 15.0 Å². The van der Waals surface area contributed by atoms with E-state index in [9.17, 15) is 4.79 Å². The zero-order chi connectivity index (χ0) is 20.8. The van der Waals surface area contributed by atoms with Crippen LogP contribution in [0.3, 0.4) is 0 Å². The number of carbonyl (C=O) groups is 1. The van der Waals surface area contributed by atoms with Crippen molar-refractivity contribution in [3.05, 3.63) is 70.9 Å². The lowest BCUT2D eigenvalue weighted by molar-refractivity contribution is 0.102. The number of hydrogen-bond acceptors (Lipinski definition) is 6. The summed E-state index contributed by atoms with van der Waals surface area (Å²) in [7, 11) is 0. The lowest BCUT2D eigenvalue weighted by atomic mass is 9.96. The van der Waals surface area contributed by atoms with Gasteiger partial charge in [0.25, 0.3) is 5.91 Å². The summed E-state index contributed by atoms with van der Waals surface area (Å²) >= 11 is 3.36. The predicted octanol–water partition coefficient (Wildman–Crippen LogP) is 6.10. The van der Waals surface area contributed by atoms with Gasteiger partial charge in [0.2, 0.25) is 0 Å². The van der Waals surface area contributed by atoms with Gasteiger partial charge in [0, 0.05) is 10.4 Å². The quantitative estimate of drug-likeness (QED) is 0.367. The minimum atomic E-state index is -0.237. The number of thiophene rings is 1. The number of para-hydroxylation sites is 3. The van der Waals surface area contributed by atoms with Crippen molar-refractivity contribution in [3.63, 3.8) is 0 Å². The smallest absolute Gasteiger partial charge is 0.276 e. The van der Waals surface area contributed by atoms with E-state index < -0.39 is 0 Å². The number of aryl methyl sites for hydroxylation is 1. The van der Waals surface area contributed by atoms with Gasteiger partial charge in [-0.25, -0.2) is 9.97 Å². The van der Waals surface area contributed by atoms with E-state index in [1.807, 2.05) is 42.5 Å². The van der Waals surface area contributed by atoms with Gasteiger partial charge in [-0.2, -0.15) is 0 Å². The first-order chi connectivity index (χ1) is 15.3. The van der Waals surface area contributed by atoms with E-state index in [2.05, 4.69) is 21.4 Å². The van der Waals surface area contributed by atoms with E-state index in [0.717, 1.165) is 44.1 Å². The Labute approximate surface area is 186 Å². The zero-order valence-electron chi connectivity index (χ0n) is 16.6. The highest BCUT2D eigenvalue weighted by Gasteiger charge is 2.25. The second-order valence-electron chi connectivity index (χ2n) is 7.60. The molecule has 0 bridgehead atoms. The SMILES string of the molecule is O=C(Nc1sc2c(c1-c1nc3ccccc3s1)CCCC2)c1cnc2ccccc2n1. The molecule has 7 heteroatoms. The molecule has 1 amide bonds. The third-order valence-corrected chi connectivity index (χ3v) is 7.85. The van der Waals surface area contributed by atoms with E-state index in [-0.39, 0.29) is 5.91 Å². The van der Waals surface area contributed by atoms with E-state index in [4.69, 9.17) is 4.98 Å². The van der Waals surface area contributed by atoms with Crippen molar-refractivity contribution in [3.8, 4) is 10.6 Å². The molecule has 0 aliphatic heterocycles. The van der Waals surface area contributed by atoms with Crippen LogP contribution in [0.2, 0.25) is 0 Å². The Bertz CT molecular complexity index is 1420. The summed E-state index contributed by atoms with van der Waals surface area (Å²) in [6.45, 7) is 0. The minimum absolute atomic E-state index is 0.237. The molecule has 0 radical (unpaired) electrons. The van der Waals surface area contributed by atoms with Crippen molar-refractivity contribution in [1.29, 1.82) is 0 Å². The first-order valence-corrected chi connectivity index (χ1v) is 11.9. The fraction of sp³-hybridized carbons (Fsp3) is 0.167. The first kappa shape index (κ1) is 18.6. The molecule has 0 saturated carbocycles. The summed E-state index contributed by atoms with van der Waals surface area (Å²) in [4.78, 5) is 28.3. The van der Waals surface area contributed by atoms with Crippen LogP contribution in [0.1, 0.15) is 33.8 Å². The Balaban J connectivity index is 1.42. The molecule has 6 rings (SSSR count). The van der Waals surface area contributed by atoms with Crippen LogP contribution in [0.15, 0.2) is 54.7 Å². The Morgan fingerprint density at radius 1 is 0.871 bits per heavy atom. The second-order valence-corrected chi connectivity index (χ2v) is 9.74. The molecule has 3 aromatic heterocycles. The molecule has 152 valence electrons. The van der Waals surface area contributed by atoms with Crippen molar-refractivity contribution < 1.29 is 4.79 Å². The normalized spacial score (nSPS) is 13.4. The topological polar surface area (TPSA) is 67.8 Å². The van der Waals surface area contributed by atoms with Crippen molar-refractivity contribution in [2.24, 2.45) is 0 Å². The molecule has 0 fully saturated rings. The molecular formula is C24H18N4OS2. The lowest BCUT2D eigenvalue weighted by Crippen LogP contribution is -2.14.